The maximum absolute atomic E-state index is 13.2. The van der Waals surface area contributed by atoms with Crippen LogP contribution in [0.4, 0.5) is 0 Å². The third kappa shape index (κ3) is 6.82. The summed E-state index contributed by atoms with van der Waals surface area (Å²) in [6, 6.07) is 21.4. The second-order valence-electron chi connectivity index (χ2n) is 9.96. The van der Waals surface area contributed by atoms with Crippen LogP contribution in [0.2, 0.25) is 0 Å². The second kappa shape index (κ2) is 12.6. The fraction of sp³-hybridized carbons (Fsp3) is 0.355. The molecule has 2 amide bonds. The SMILES string of the molecule is CCC[C@H](NC(=O)c1ccc2ccccc2c1)C1=NOC(C)(C(=O)N[C@@H](CC)C(=O)COc2ccccc2)C1. The minimum atomic E-state index is -1.29. The average molecular weight is 530 g/mol. The number of nitrogens with zero attached hydrogens (tertiary/aromatic N) is 1. The van der Waals surface area contributed by atoms with E-state index in [0.29, 0.717) is 29.9 Å². The lowest BCUT2D eigenvalue weighted by molar-refractivity contribution is -0.144. The van der Waals surface area contributed by atoms with Gasteiger partial charge in [0.1, 0.15) is 12.4 Å². The molecule has 204 valence electrons. The topological polar surface area (TPSA) is 106 Å². The standard InChI is InChI=1S/C31H35N3O5/c1-4-11-26(32-29(36)23-17-16-21-12-9-10-13-22(21)18-23)27-19-31(3,39-34-27)30(37)33-25(5-2)28(35)20-38-24-14-7-6-8-15-24/h6-10,12-18,25-26H,4-5,11,19-20H2,1-3H3,(H,32,36)(H,33,37)/t25-,26-,31?/m0/s1. The fourth-order valence-corrected chi connectivity index (χ4v) is 4.55. The van der Waals surface area contributed by atoms with E-state index in [1.54, 1.807) is 25.1 Å². The highest BCUT2D eigenvalue weighted by atomic mass is 16.7. The Morgan fingerprint density at radius 2 is 1.69 bits per heavy atom. The molecule has 8 heteroatoms. The summed E-state index contributed by atoms with van der Waals surface area (Å²) in [7, 11) is 0. The van der Waals surface area contributed by atoms with Gasteiger partial charge < -0.3 is 20.2 Å². The number of fused-ring (bicyclic) bond motifs is 1. The van der Waals surface area contributed by atoms with Gasteiger partial charge in [-0.1, -0.05) is 74.0 Å². The van der Waals surface area contributed by atoms with Gasteiger partial charge >= 0.3 is 0 Å². The molecule has 3 atom stereocenters. The van der Waals surface area contributed by atoms with E-state index in [4.69, 9.17) is 9.57 Å². The normalized spacial score (nSPS) is 18.0. The van der Waals surface area contributed by atoms with Gasteiger partial charge in [0, 0.05) is 12.0 Å². The first-order chi connectivity index (χ1) is 18.8. The average Bonchev–Trinajstić information content (AvgIpc) is 3.37. The Morgan fingerprint density at radius 3 is 2.41 bits per heavy atom. The van der Waals surface area contributed by atoms with Crippen LogP contribution in [0.1, 0.15) is 56.8 Å². The predicted molar refractivity (Wildman–Crippen MR) is 151 cm³/mol. The highest BCUT2D eigenvalue weighted by Crippen LogP contribution is 2.27. The number of ether oxygens (including phenoxy) is 1. The smallest absolute Gasteiger partial charge is 0.267 e. The predicted octanol–water partition coefficient (Wildman–Crippen LogP) is 4.82. The summed E-state index contributed by atoms with van der Waals surface area (Å²) in [5, 5.41) is 12.1. The van der Waals surface area contributed by atoms with Gasteiger partial charge in [0.05, 0.1) is 17.8 Å². The first-order valence-electron chi connectivity index (χ1n) is 13.4. The van der Waals surface area contributed by atoms with Crippen LogP contribution in [0, 0.1) is 0 Å². The number of benzene rings is 3. The number of amides is 2. The van der Waals surface area contributed by atoms with Crippen molar-refractivity contribution in [2.75, 3.05) is 6.61 Å². The Hall–Kier alpha value is -4.20. The quantitative estimate of drug-likeness (QED) is 0.350. The maximum atomic E-state index is 13.2. The zero-order valence-corrected chi connectivity index (χ0v) is 22.6. The van der Waals surface area contributed by atoms with Crippen LogP contribution in [0.15, 0.2) is 78.0 Å². The summed E-state index contributed by atoms with van der Waals surface area (Å²) in [4.78, 5) is 44.7. The lowest BCUT2D eigenvalue weighted by Gasteiger charge is -2.25. The monoisotopic (exact) mass is 529 g/mol. The van der Waals surface area contributed by atoms with Crippen molar-refractivity contribution in [2.45, 2.75) is 64.1 Å². The molecule has 0 saturated heterocycles. The zero-order valence-electron chi connectivity index (χ0n) is 22.6. The number of hydrogen-bond donors (Lipinski definition) is 2. The molecule has 1 aliphatic rings. The van der Waals surface area contributed by atoms with Crippen LogP contribution >= 0.6 is 0 Å². The number of hydrogen-bond acceptors (Lipinski definition) is 6. The molecule has 8 nitrogen and oxygen atoms in total. The fourth-order valence-electron chi connectivity index (χ4n) is 4.55. The molecule has 0 bridgehead atoms. The van der Waals surface area contributed by atoms with Crippen molar-refractivity contribution >= 4 is 34.1 Å². The number of Topliss-reactive ketones (excluding diaryl/α,β-unsaturated/α-hetero) is 1. The summed E-state index contributed by atoms with van der Waals surface area (Å²) in [5.74, 6) is -0.292. The summed E-state index contributed by atoms with van der Waals surface area (Å²) < 4.78 is 5.56. The summed E-state index contributed by atoms with van der Waals surface area (Å²) >= 11 is 0. The lowest BCUT2D eigenvalue weighted by Crippen LogP contribution is -2.52. The van der Waals surface area contributed by atoms with Crippen molar-refractivity contribution < 1.29 is 24.0 Å². The van der Waals surface area contributed by atoms with E-state index in [2.05, 4.69) is 15.8 Å². The van der Waals surface area contributed by atoms with Crippen LogP contribution in [0.25, 0.3) is 10.8 Å². The molecule has 0 saturated carbocycles. The van der Waals surface area contributed by atoms with E-state index < -0.39 is 17.6 Å². The first-order valence-corrected chi connectivity index (χ1v) is 13.4. The molecular weight excluding hydrogens is 494 g/mol. The highest BCUT2D eigenvalue weighted by molar-refractivity contribution is 6.04. The Balaban J connectivity index is 1.37. The molecule has 1 unspecified atom stereocenters. The summed E-state index contributed by atoms with van der Waals surface area (Å²) in [5.41, 5.74) is -0.143. The van der Waals surface area contributed by atoms with Gasteiger partial charge in [-0.15, -0.1) is 0 Å². The van der Waals surface area contributed by atoms with E-state index >= 15 is 0 Å². The van der Waals surface area contributed by atoms with Gasteiger partial charge in [-0.2, -0.15) is 0 Å². The second-order valence-corrected chi connectivity index (χ2v) is 9.96. The number of carbonyl (C=O) groups is 3. The Kier molecular flexibility index (Phi) is 8.96. The molecule has 1 heterocycles. The van der Waals surface area contributed by atoms with Gasteiger partial charge in [0.25, 0.3) is 11.8 Å². The molecule has 0 aromatic heterocycles. The minimum Gasteiger partial charge on any atom is -0.486 e. The number of oxime groups is 1. The van der Waals surface area contributed by atoms with Crippen molar-refractivity contribution in [2.24, 2.45) is 5.16 Å². The number of ketones is 1. The molecule has 3 aromatic carbocycles. The Labute approximate surface area is 228 Å². The van der Waals surface area contributed by atoms with Crippen LogP contribution in [0.5, 0.6) is 5.75 Å². The van der Waals surface area contributed by atoms with Crippen molar-refractivity contribution in [3.8, 4) is 5.75 Å². The van der Waals surface area contributed by atoms with Gasteiger partial charge in [-0.3, -0.25) is 14.4 Å². The van der Waals surface area contributed by atoms with Crippen LogP contribution < -0.4 is 15.4 Å². The van der Waals surface area contributed by atoms with Crippen molar-refractivity contribution in [1.82, 2.24) is 10.6 Å². The van der Waals surface area contributed by atoms with Crippen LogP contribution in [0.3, 0.4) is 0 Å². The van der Waals surface area contributed by atoms with E-state index in [0.717, 1.165) is 17.2 Å². The molecule has 0 fully saturated rings. The molecule has 0 spiro atoms. The molecule has 0 aliphatic carbocycles. The molecular formula is C31H35N3O5. The highest BCUT2D eigenvalue weighted by Gasteiger charge is 2.44. The van der Waals surface area contributed by atoms with E-state index in [9.17, 15) is 14.4 Å². The molecule has 3 aromatic rings. The van der Waals surface area contributed by atoms with Gasteiger partial charge in [0.2, 0.25) is 5.60 Å². The molecule has 0 radical (unpaired) electrons. The lowest BCUT2D eigenvalue weighted by atomic mass is 9.92. The Morgan fingerprint density at radius 1 is 0.974 bits per heavy atom. The molecule has 39 heavy (non-hydrogen) atoms. The number of rotatable bonds is 12. The number of carbonyl (C=O) groups excluding carboxylic acids is 3. The van der Waals surface area contributed by atoms with E-state index in [1.165, 1.54) is 0 Å². The largest absolute Gasteiger partial charge is 0.486 e. The third-order valence-electron chi connectivity index (χ3n) is 6.89. The zero-order chi connectivity index (χ0) is 27.8. The number of para-hydroxylation sites is 1. The first kappa shape index (κ1) is 27.8. The Bertz CT molecular complexity index is 1360. The molecule has 2 N–H and O–H groups in total. The maximum Gasteiger partial charge on any atom is 0.267 e. The van der Waals surface area contributed by atoms with Crippen molar-refractivity contribution in [3.63, 3.8) is 0 Å². The van der Waals surface area contributed by atoms with Gasteiger partial charge in [-0.05, 0) is 54.8 Å². The summed E-state index contributed by atoms with van der Waals surface area (Å²) in [6.07, 6.45) is 2.06. The van der Waals surface area contributed by atoms with Crippen molar-refractivity contribution in [3.05, 3.63) is 78.4 Å². The van der Waals surface area contributed by atoms with E-state index in [1.807, 2.05) is 68.4 Å². The van der Waals surface area contributed by atoms with Gasteiger partial charge in [-0.25, -0.2) is 0 Å². The molecule has 1 aliphatic heterocycles. The van der Waals surface area contributed by atoms with Gasteiger partial charge in [0.15, 0.2) is 5.78 Å². The summed E-state index contributed by atoms with van der Waals surface area (Å²) in [6.45, 7) is 5.34. The minimum absolute atomic E-state index is 0.151. The molecule has 4 rings (SSSR count). The van der Waals surface area contributed by atoms with Crippen LogP contribution in [-0.4, -0.2) is 47.6 Å². The van der Waals surface area contributed by atoms with Crippen molar-refractivity contribution in [1.29, 1.82) is 0 Å². The third-order valence-corrected chi connectivity index (χ3v) is 6.89. The van der Waals surface area contributed by atoms with Crippen LogP contribution in [-0.2, 0) is 14.4 Å². The van der Waals surface area contributed by atoms with E-state index in [-0.39, 0.29) is 30.8 Å². The number of nitrogens with one attached hydrogen (secondary N) is 2.